The molecule has 1 aromatic heterocycles. The Morgan fingerprint density at radius 2 is 2.38 bits per heavy atom. The lowest BCUT2D eigenvalue weighted by atomic mass is 10.3. The molecule has 0 saturated carbocycles. The van der Waals surface area contributed by atoms with Crippen molar-refractivity contribution in [2.75, 3.05) is 20.7 Å². The van der Waals surface area contributed by atoms with Crippen molar-refractivity contribution in [3.05, 3.63) is 16.1 Å². The van der Waals surface area contributed by atoms with E-state index in [0.29, 0.717) is 13.0 Å². The second-order valence-corrected chi connectivity index (χ2v) is 4.59. The number of hydrogen-bond acceptors (Lipinski definition) is 5. The lowest BCUT2D eigenvalue weighted by Crippen LogP contribution is -2.22. The van der Waals surface area contributed by atoms with Crippen LogP contribution in [0, 0.1) is 0 Å². The molecule has 16 heavy (non-hydrogen) atoms. The Morgan fingerprint density at radius 1 is 1.62 bits per heavy atom. The molecule has 0 aliphatic heterocycles. The first-order valence-corrected chi connectivity index (χ1v) is 6.22. The van der Waals surface area contributed by atoms with Gasteiger partial charge in [0.15, 0.2) is 0 Å². The molecular formula is C11H18N2O2S. The quantitative estimate of drug-likeness (QED) is 0.712. The predicted molar refractivity (Wildman–Crippen MR) is 64.5 cm³/mol. The number of hydrogen-bond donors (Lipinski definition) is 0. The molecule has 0 radical (unpaired) electrons. The summed E-state index contributed by atoms with van der Waals surface area (Å²) in [5.41, 5.74) is 1.08. The third kappa shape index (κ3) is 4.28. The molecule has 1 heterocycles. The molecule has 5 heteroatoms. The Labute approximate surface area is 100 Å². The maximum atomic E-state index is 11.0. The lowest BCUT2D eigenvalue weighted by Gasteiger charge is -2.13. The van der Waals surface area contributed by atoms with E-state index in [1.807, 2.05) is 7.05 Å². The highest BCUT2D eigenvalue weighted by Crippen LogP contribution is 2.11. The van der Waals surface area contributed by atoms with Crippen LogP contribution in [0.15, 0.2) is 5.38 Å². The summed E-state index contributed by atoms with van der Waals surface area (Å²) < 4.78 is 4.59. The predicted octanol–water partition coefficient (Wildman–Crippen LogP) is 1.70. The highest BCUT2D eigenvalue weighted by molar-refractivity contribution is 7.09. The second-order valence-electron chi connectivity index (χ2n) is 3.65. The summed E-state index contributed by atoms with van der Waals surface area (Å²) in [4.78, 5) is 17.5. The molecule has 0 aliphatic rings. The monoisotopic (exact) mass is 242 g/mol. The molecule has 0 aliphatic carbocycles. The highest BCUT2D eigenvalue weighted by Gasteiger charge is 2.07. The van der Waals surface area contributed by atoms with Gasteiger partial charge in [-0.3, -0.25) is 9.69 Å². The summed E-state index contributed by atoms with van der Waals surface area (Å²) in [5.74, 6) is -0.167. The third-order valence-corrected chi connectivity index (χ3v) is 3.30. The van der Waals surface area contributed by atoms with Gasteiger partial charge in [-0.2, -0.15) is 0 Å². The van der Waals surface area contributed by atoms with Gasteiger partial charge in [-0.05, 0) is 13.5 Å². The van der Waals surface area contributed by atoms with E-state index in [2.05, 4.69) is 26.9 Å². The largest absolute Gasteiger partial charge is 0.469 e. The second kappa shape index (κ2) is 6.60. The summed E-state index contributed by atoms with van der Waals surface area (Å²) in [7, 11) is 3.39. The van der Waals surface area contributed by atoms with Crippen LogP contribution in [-0.2, 0) is 22.5 Å². The van der Waals surface area contributed by atoms with Crippen LogP contribution in [-0.4, -0.2) is 36.6 Å². The van der Waals surface area contributed by atoms with Crippen molar-refractivity contribution >= 4 is 17.3 Å². The molecule has 0 spiro atoms. The van der Waals surface area contributed by atoms with Gasteiger partial charge in [0.05, 0.1) is 24.2 Å². The smallest absolute Gasteiger partial charge is 0.306 e. The Hall–Kier alpha value is -0.940. The number of carbonyl (C=O) groups is 1. The first kappa shape index (κ1) is 13.1. The van der Waals surface area contributed by atoms with Gasteiger partial charge in [0, 0.05) is 18.5 Å². The van der Waals surface area contributed by atoms with Crippen molar-refractivity contribution in [1.82, 2.24) is 9.88 Å². The van der Waals surface area contributed by atoms with Crippen LogP contribution in [0.3, 0.4) is 0 Å². The highest BCUT2D eigenvalue weighted by atomic mass is 32.1. The van der Waals surface area contributed by atoms with Crippen molar-refractivity contribution < 1.29 is 9.53 Å². The van der Waals surface area contributed by atoms with Gasteiger partial charge in [0.2, 0.25) is 0 Å². The molecule has 1 aromatic rings. The lowest BCUT2D eigenvalue weighted by molar-refractivity contribution is -0.140. The summed E-state index contributed by atoms with van der Waals surface area (Å²) in [6.07, 6.45) is 1.41. The van der Waals surface area contributed by atoms with Gasteiger partial charge in [-0.25, -0.2) is 4.98 Å². The van der Waals surface area contributed by atoms with Crippen molar-refractivity contribution in [1.29, 1.82) is 0 Å². The zero-order chi connectivity index (χ0) is 12.0. The molecule has 0 amide bonds. The van der Waals surface area contributed by atoms with Gasteiger partial charge in [0.1, 0.15) is 0 Å². The Balaban J connectivity index is 2.33. The van der Waals surface area contributed by atoms with Gasteiger partial charge in [0.25, 0.3) is 0 Å². The standard InChI is InChI=1S/C11H18N2O2S/c1-4-10-12-9(8-16-10)7-13(2)6-5-11(14)15-3/h8H,4-7H2,1-3H3. The van der Waals surface area contributed by atoms with E-state index < -0.39 is 0 Å². The third-order valence-electron chi connectivity index (χ3n) is 2.26. The fourth-order valence-corrected chi connectivity index (χ4v) is 2.06. The number of ether oxygens (including phenoxy) is 1. The average Bonchev–Trinajstić information content (AvgIpc) is 2.73. The molecule has 90 valence electrons. The number of aryl methyl sites for hydroxylation is 1. The van der Waals surface area contributed by atoms with E-state index in [1.165, 1.54) is 7.11 Å². The minimum atomic E-state index is -0.167. The van der Waals surface area contributed by atoms with E-state index in [0.717, 1.165) is 23.7 Å². The van der Waals surface area contributed by atoms with E-state index in [4.69, 9.17) is 0 Å². The normalized spacial score (nSPS) is 10.8. The van der Waals surface area contributed by atoms with E-state index in [-0.39, 0.29) is 5.97 Å². The number of esters is 1. The van der Waals surface area contributed by atoms with Crippen molar-refractivity contribution in [3.8, 4) is 0 Å². The minimum absolute atomic E-state index is 0.167. The fraction of sp³-hybridized carbons (Fsp3) is 0.636. The zero-order valence-corrected chi connectivity index (χ0v) is 10.8. The molecule has 0 bridgehead atoms. The van der Waals surface area contributed by atoms with Crippen LogP contribution in [0.2, 0.25) is 0 Å². The topological polar surface area (TPSA) is 42.4 Å². The SMILES string of the molecule is CCc1nc(CN(C)CCC(=O)OC)cs1. The number of carbonyl (C=O) groups excluding carboxylic acids is 1. The molecule has 0 atom stereocenters. The summed E-state index contributed by atoms with van der Waals surface area (Å²) in [5, 5.41) is 3.24. The first-order chi connectivity index (χ1) is 7.65. The van der Waals surface area contributed by atoms with Crippen LogP contribution in [0.25, 0.3) is 0 Å². The molecule has 0 saturated heterocycles. The molecular weight excluding hydrogens is 224 g/mol. The fourth-order valence-electron chi connectivity index (χ4n) is 1.32. The summed E-state index contributed by atoms with van der Waals surface area (Å²) in [6, 6.07) is 0. The van der Waals surface area contributed by atoms with Crippen LogP contribution >= 0.6 is 11.3 Å². The number of methoxy groups -OCH3 is 1. The van der Waals surface area contributed by atoms with E-state index >= 15 is 0 Å². The van der Waals surface area contributed by atoms with Gasteiger partial charge in [-0.15, -0.1) is 11.3 Å². The number of aromatic nitrogens is 1. The van der Waals surface area contributed by atoms with Crippen LogP contribution in [0.4, 0.5) is 0 Å². The van der Waals surface area contributed by atoms with Gasteiger partial charge in [-0.1, -0.05) is 6.92 Å². The number of nitrogens with zero attached hydrogens (tertiary/aromatic N) is 2. The zero-order valence-electron chi connectivity index (χ0n) is 10.0. The van der Waals surface area contributed by atoms with Crippen molar-refractivity contribution in [2.45, 2.75) is 26.3 Å². The number of rotatable bonds is 6. The molecule has 0 fully saturated rings. The maximum Gasteiger partial charge on any atom is 0.306 e. The number of thiazole rings is 1. The minimum Gasteiger partial charge on any atom is -0.469 e. The van der Waals surface area contributed by atoms with Gasteiger partial charge < -0.3 is 4.74 Å². The van der Waals surface area contributed by atoms with Crippen LogP contribution < -0.4 is 0 Å². The molecule has 4 nitrogen and oxygen atoms in total. The van der Waals surface area contributed by atoms with E-state index in [1.54, 1.807) is 11.3 Å². The molecule has 0 unspecified atom stereocenters. The average molecular weight is 242 g/mol. The van der Waals surface area contributed by atoms with E-state index in [9.17, 15) is 4.79 Å². The Kier molecular flexibility index (Phi) is 5.42. The van der Waals surface area contributed by atoms with Crippen molar-refractivity contribution in [2.24, 2.45) is 0 Å². The Morgan fingerprint density at radius 3 is 2.94 bits per heavy atom. The van der Waals surface area contributed by atoms with Gasteiger partial charge >= 0.3 is 5.97 Å². The molecule has 1 rings (SSSR count). The van der Waals surface area contributed by atoms with Crippen LogP contribution in [0.5, 0.6) is 0 Å². The maximum absolute atomic E-state index is 11.0. The Bertz CT molecular complexity index is 338. The summed E-state index contributed by atoms with van der Waals surface area (Å²) >= 11 is 1.69. The molecule has 0 N–H and O–H groups in total. The van der Waals surface area contributed by atoms with Crippen LogP contribution in [0.1, 0.15) is 24.0 Å². The first-order valence-electron chi connectivity index (χ1n) is 5.34. The molecule has 0 aromatic carbocycles. The summed E-state index contributed by atoms with van der Waals surface area (Å²) in [6.45, 7) is 3.59. The van der Waals surface area contributed by atoms with Crippen molar-refractivity contribution in [3.63, 3.8) is 0 Å².